The van der Waals surface area contributed by atoms with E-state index in [0.29, 0.717) is 5.56 Å². The number of allylic oxidation sites excluding steroid dienone is 1. The van der Waals surface area contributed by atoms with Crippen LogP contribution in [0, 0.1) is 12.7 Å². The van der Waals surface area contributed by atoms with Crippen molar-refractivity contribution < 1.29 is 27.5 Å². The number of aromatic carboxylic acids is 1. The van der Waals surface area contributed by atoms with E-state index in [1.165, 1.54) is 31.2 Å². The summed E-state index contributed by atoms with van der Waals surface area (Å²) in [6.45, 7) is 1.34. The molecule has 0 aliphatic heterocycles. The molecule has 26 heavy (non-hydrogen) atoms. The van der Waals surface area contributed by atoms with Gasteiger partial charge in [-0.2, -0.15) is 13.2 Å². The molecule has 0 saturated carbocycles. The van der Waals surface area contributed by atoms with Crippen molar-refractivity contribution in [3.8, 4) is 0 Å². The molecule has 2 aromatic carbocycles. The van der Waals surface area contributed by atoms with Crippen molar-refractivity contribution in [2.75, 3.05) is 0 Å². The molecule has 8 heteroatoms. The van der Waals surface area contributed by atoms with Gasteiger partial charge in [-0.1, -0.05) is 35.9 Å². The molecule has 1 N–H and O–H groups in total. The molecular formula is C18H12BrClF4O2. The average molecular weight is 452 g/mol. The lowest BCUT2D eigenvalue weighted by molar-refractivity contribution is -0.139. The van der Waals surface area contributed by atoms with Gasteiger partial charge in [-0.25, -0.2) is 9.18 Å². The number of aryl methyl sites for hydroxylation is 1. The molecule has 0 aliphatic carbocycles. The van der Waals surface area contributed by atoms with Crippen LogP contribution in [0.25, 0.3) is 6.08 Å². The predicted octanol–water partition coefficient (Wildman–Crippen LogP) is 6.61. The Hall–Kier alpha value is -1.86. The van der Waals surface area contributed by atoms with Crippen molar-refractivity contribution in [1.29, 1.82) is 0 Å². The van der Waals surface area contributed by atoms with Crippen LogP contribution in [0.4, 0.5) is 17.6 Å². The van der Waals surface area contributed by atoms with E-state index in [0.717, 1.165) is 18.2 Å². The summed E-state index contributed by atoms with van der Waals surface area (Å²) in [6, 6.07) is 6.13. The first kappa shape index (κ1) is 20.5. The molecule has 0 heterocycles. The summed E-state index contributed by atoms with van der Waals surface area (Å²) in [5, 5.41) is 8.59. The van der Waals surface area contributed by atoms with Crippen LogP contribution in [0.1, 0.15) is 33.0 Å². The van der Waals surface area contributed by atoms with Crippen molar-refractivity contribution in [1.82, 2.24) is 0 Å². The van der Waals surface area contributed by atoms with Gasteiger partial charge in [0.15, 0.2) is 0 Å². The normalized spacial score (nSPS) is 13.2. The van der Waals surface area contributed by atoms with Gasteiger partial charge in [0.1, 0.15) is 5.82 Å². The Balaban J connectivity index is 2.42. The third kappa shape index (κ3) is 4.65. The molecular weight excluding hydrogens is 440 g/mol. The number of carboxylic acid groups (broad SMARTS) is 1. The first-order chi connectivity index (χ1) is 12.0. The summed E-state index contributed by atoms with van der Waals surface area (Å²) in [6.07, 6.45) is -2.46. The molecule has 1 unspecified atom stereocenters. The predicted molar refractivity (Wildman–Crippen MR) is 95.1 cm³/mol. The average Bonchev–Trinajstić information content (AvgIpc) is 2.51. The van der Waals surface area contributed by atoms with Crippen molar-refractivity contribution in [3.63, 3.8) is 0 Å². The molecule has 0 spiro atoms. The number of benzene rings is 2. The van der Waals surface area contributed by atoms with Crippen LogP contribution in [0.3, 0.4) is 0 Å². The van der Waals surface area contributed by atoms with E-state index in [1.807, 2.05) is 0 Å². The van der Waals surface area contributed by atoms with Crippen LogP contribution in [0.5, 0.6) is 0 Å². The zero-order valence-corrected chi connectivity index (χ0v) is 15.6. The molecule has 1 atom stereocenters. The van der Waals surface area contributed by atoms with Crippen LogP contribution < -0.4 is 0 Å². The molecule has 0 amide bonds. The Bertz CT molecular complexity index is 855. The minimum Gasteiger partial charge on any atom is -0.478 e. The maximum absolute atomic E-state index is 13.6. The number of rotatable bonds is 4. The van der Waals surface area contributed by atoms with Gasteiger partial charge in [-0.15, -0.1) is 0 Å². The molecule has 0 aromatic heterocycles. The highest BCUT2D eigenvalue weighted by molar-refractivity contribution is 9.10. The van der Waals surface area contributed by atoms with Crippen LogP contribution in [-0.2, 0) is 0 Å². The van der Waals surface area contributed by atoms with E-state index >= 15 is 0 Å². The van der Waals surface area contributed by atoms with Crippen LogP contribution >= 0.6 is 27.5 Å². The van der Waals surface area contributed by atoms with E-state index in [2.05, 4.69) is 15.9 Å². The fraction of sp³-hybridized carbons (Fsp3) is 0.167. The lowest BCUT2D eigenvalue weighted by Gasteiger charge is -2.18. The molecule has 0 radical (unpaired) electrons. The Morgan fingerprint density at radius 1 is 1.27 bits per heavy atom. The van der Waals surface area contributed by atoms with Gasteiger partial charge in [0.25, 0.3) is 0 Å². The summed E-state index contributed by atoms with van der Waals surface area (Å²) >= 11 is 8.74. The largest absolute Gasteiger partial charge is 0.478 e. The van der Waals surface area contributed by atoms with E-state index < -0.39 is 23.9 Å². The van der Waals surface area contributed by atoms with Crippen LogP contribution in [0.15, 0.2) is 40.9 Å². The molecule has 2 rings (SSSR count). The Labute approximate surface area is 160 Å². The molecule has 2 aromatic rings. The lowest BCUT2D eigenvalue weighted by atomic mass is 9.95. The highest BCUT2D eigenvalue weighted by Gasteiger charge is 2.39. The molecule has 0 aliphatic rings. The molecule has 2 nitrogen and oxygen atoms in total. The summed E-state index contributed by atoms with van der Waals surface area (Å²) in [5.74, 6) is -3.90. The third-order valence-electron chi connectivity index (χ3n) is 3.65. The second kappa shape index (κ2) is 7.80. The maximum atomic E-state index is 13.6. The number of hydrogen-bond donors (Lipinski definition) is 1. The van der Waals surface area contributed by atoms with Gasteiger partial charge in [0.2, 0.25) is 0 Å². The summed E-state index contributed by atoms with van der Waals surface area (Å²) < 4.78 is 54.2. The first-order valence-electron chi connectivity index (χ1n) is 7.24. The number of hydrogen-bond acceptors (Lipinski definition) is 1. The third-order valence-corrected chi connectivity index (χ3v) is 4.58. The van der Waals surface area contributed by atoms with Gasteiger partial charge >= 0.3 is 12.1 Å². The standard InChI is InChI=1S/C18H12BrClF4O2/c1-9-6-11(8-15(20)16(9)21)13(18(22,23)24)5-3-10-2-4-12(17(25)26)14(19)7-10/h2-8,13H,1H3,(H,25,26)/b5-3+. The van der Waals surface area contributed by atoms with Gasteiger partial charge in [-0.3, -0.25) is 0 Å². The second-order valence-electron chi connectivity index (χ2n) is 5.56. The van der Waals surface area contributed by atoms with Crippen molar-refractivity contribution in [2.45, 2.75) is 19.0 Å². The summed E-state index contributed by atoms with van der Waals surface area (Å²) in [7, 11) is 0. The van der Waals surface area contributed by atoms with E-state index in [4.69, 9.17) is 16.7 Å². The minimum absolute atomic E-state index is 0.00420. The van der Waals surface area contributed by atoms with Crippen LogP contribution in [0.2, 0.25) is 5.02 Å². The zero-order valence-electron chi connectivity index (χ0n) is 13.2. The van der Waals surface area contributed by atoms with Gasteiger partial charge in [0, 0.05) is 4.47 Å². The molecule has 0 saturated heterocycles. The quantitative estimate of drug-likeness (QED) is 0.531. The fourth-order valence-corrected chi connectivity index (χ4v) is 3.20. The lowest BCUT2D eigenvalue weighted by Crippen LogP contribution is -2.19. The second-order valence-corrected chi connectivity index (χ2v) is 6.82. The van der Waals surface area contributed by atoms with Crippen molar-refractivity contribution in [2.24, 2.45) is 0 Å². The number of alkyl halides is 3. The van der Waals surface area contributed by atoms with Crippen molar-refractivity contribution >= 4 is 39.6 Å². The first-order valence-corrected chi connectivity index (χ1v) is 8.41. The Morgan fingerprint density at radius 2 is 1.92 bits per heavy atom. The smallest absolute Gasteiger partial charge is 0.399 e. The molecule has 138 valence electrons. The van der Waals surface area contributed by atoms with Gasteiger partial charge < -0.3 is 5.11 Å². The maximum Gasteiger partial charge on any atom is 0.399 e. The highest BCUT2D eigenvalue weighted by atomic mass is 79.9. The van der Waals surface area contributed by atoms with E-state index in [1.54, 1.807) is 0 Å². The Morgan fingerprint density at radius 3 is 2.42 bits per heavy atom. The minimum atomic E-state index is -4.61. The molecule has 0 bridgehead atoms. The van der Waals surface area contributed by atoms with E-state index in [-0.39, 0.29) is 26.2 Å². The highest BCUT2D eigenvalue weighted by Crippen LogP contribution is 2.38. The van der Waals surface area contributed by atoms with Crippen LogP contribution in [-0.4, -0.2) is 17.3 Å². The van der Waals surface area contributed by atoms with E-state index in [9.17, 15) is 22.4 Å². The topological polar surface area (TPSA) is 37.3 Å². The SMILES string of the molecule is Cc1cc(C(/C=C/c2ccc(C(=O)O)c(Br)c2)C(F)(F)F)cc(Cl)c1F. The van der Waals surface area contributed by atoms with Gasteiger partial charge in [-0.05, 0) is 57.7 Å². The summed E-state index contributed by atoms with van der Waals surface area (Å²) in [4.78, 5) is 11.0. The van der Waals surface area contributed by atoms with Crippen molar-refractivity contribution in [3.05, 3.63) is 74.0 Å². The number of carboxylic acids is 1. The monoisotopic (exact) mass is 450 g/mol. The summed E-state index contributed by atoms with van der Waals surface area (Å²) in [5.41, 5.74) is 0.207. The number of carbonyl (C=O) groups is 1. The fourth-order valence-electron chi connectivity index (χ4n) is 2.36. The Kier molecular flexibility index (Phi) is 6.13. The van der Waals surface area contributed by atoms with Gasteiger partial charge in [0.05, 0.1) is 16.5 Å². The molecule has 0 fully saturated rings. The zero-order chi connectivity index (χ0) is 19.6. The number of halogens is 6.